The van der Waals surface area contributed by atoms with Gasteiger partial charge >= 0.3 is 0 Å². The lowest BCUT2D eigenvalue weighted by Crippen LogP contribution is -2.30. The maximum Gasteiger partial charge on any atom is 0.265 e. The number of para-hydroxylation sites is 2. The first kappa shape index (κ1) is 23.1. The van der Waals surface area contributed by atoms with Gasteiger partial charge in [0.25, 0.3) is 10.0 Å². The topological polar surface area (TPSA) is 102 Å². The van der Waals surface area contributed by atoms with Crippen LogP contribution in [0.5, 0.6) is 11.5 Å². The zero-order valence-electron chi connectivity index (χ0n) is 18.7. The third kappa shape index (κ3) is 4.55. The number of likely N-dealkylation sites (tertiary alicyclic amines) is 1. The molecule has 8 nitrogen and oxygen atoms in total. The highest BCUT2D eigenvalue weighted by Gasteiger charge is 2.47. The molecule has 1 aliphatic heterocycles. The monoisotopic (exact) mass is 472 g/mol. The van der Waals surface area contributed by atoms with Crippen LogP contribution in [0, 0.1) is 11.8 Å². The van der Waals surface area contributed by atoms with Gasteiger partial charge in [0.1, 0.15) is 16.4 Å². The van der Waals surface area contributed by atoms with E-state index < -0.39 is 10.0 Å². The number of carbonyl (C=O) groups is 2. The summed E-state index contributed by atoms with van der Waals surface area (Å²) < 4.78 is 39.9. The van der Waals surface area contributed by atoms with E-state index in [9.17, 15) is 18.0 Å². The van der Waals surface area contributed by atoms with Crippen LogP contribution in [0.25, 0.3) is 0 Å². The van der Waals surface area contributed by atoms with Crippen LogP contribution in [0.4, 0.5) is 5.69 Å². The lowest BCUT2D eigenvalue weighted by atomic mass is 9.81. The number of carbonyl (C=O) groups excluding carboxylic acids is 2. The summed E-state index contributed by atoms with van der Waals surface area (Å²) in [5, 5.41) is 0. The zero-order chi connectivity index (χ0) is 23.6. The van der Waals surface area contributed by atoms with E-state index in [0.717, 1.165) is 25.7 Å². The second-order valence-electron chi connectivity index (χ2n) is 8.28. The van der Waals surface area contributed by atoms with Crippen LogP contribution >= 0.6 is 0 Å². The van der Waals surface area contributed by atoms with Gasteiger partial charge in [-0.25, -0.2) is 8.42 Å². The van der Waals surface area contributed by atoms with Gasteiger partial charge in [0.15, 0.2) is 0 Å². The van der Waals surface area contributed by atoms with Crippen molar-refractivity contribution in [2.45, 2.75) is 44.0 Å². The Balaban J connectivity index is 1.62. The van der Waals surface area contributed by atoms with E-state index in [2.05, 4.69) is 4.72 Å². The van der Waals surface area contributed by atoms with Crippen molar-refractivity contribution in [3.8, 4) is 11.5 Å². The maximum absolute atomic E-state index is 13.3. The molecule has 2 aromatic carbocycles. The number of rotatable bonds is 8. The average Bonchev–Trinajstić information content (AvgIpc) is 3.05. The first-order chi connectivity index (χ1) is 15.9. The molecule has 4 rings (SSSR count). The molecule has 2 amide bonds. The van der Waals surface area contributed by atoms with Crippen molar-refractivity contribution in [2.75, 3.05) is 18.4 Å². The predicted octanol–water partition coefficient (Wildman–Crippen LogP) is 3.57. The van der Waals surface area contributed by atoms with Crippen LogP contribution in [0.3, 0.4) is 0 Å². The molecule has 0 bridgehead atoms. The molecule has 2 aliphatic rings. The van der Waals surface area contributed by atoms with Gasteiger partial charge in [-0.1, -0.05) is 31.0 Å². The van der Waals surface area contributed by atoms with E-state index in [-0.39, 0.29) is 40.8 Å². The number of imide groups is 1. The number of nitrogens with zero attached hydrogens (tertiary/aromatic N) is 1. The fraction of sp³-hybridized carbons (Fsp3) is 0.417. The Hall–Kier alpha value is -3.07. The molecule has 2 atom stereocenters. The highest BCUT2D eigenvalue weighted by atomic mass is 32.2. The third-order valence-electron chi connectivity index (χ3n) is 6.22. The first-order valence-corrected chi connectivity index (χ1v) is 12.6. The molecule has 2 fully saturated rings. The smallest absolute Gasteiger partial charge is 0.265 e. The summed E-state index contributed by atoms with van der Waals surface area (Å²) >= 11 is 0. The van der Waals surface area contributed by atoms with Crippen LogP contribution in [0.2, 0.25) is 0 Å². The summed E-state index contributed by atoms with van der Waals surface area (Å²) in [6.45, 7) is 2.24. The summed E-state index contributed by atoms with van der Waals surface area (Å²) in [5.41, 5.74) is 0.843. The van der Waals surface area contributed by atoms with Crippen LogP contribution in [0.1, 0.15) is 38.2 Å². The Morgan fingerprint density at radius 2 is 1.67 bits per heavy atom. The number of benzene rings is 2. The molecular weight excluding hydrogens is 444 g/mol. The number of ether oxygens (including phenoxy) is 2. The number of anilines is 1. The molecule has 2 aromatic rings. The molecule has 0 unspecified atom stereocenters. The molecule has 1 N–H and O–H groups in total. The van der Waals surface area contributed by atoms with Crippen molar-refractivity contribution in [2.24, 2.45) is 11.8 Å². The van der Waals surface area contributed by atoms with Crippen molar-refractivity contribution in [1.29, 1.82) is 0 Å². The van der Waals surface area contributed by atoms with Crippen LogP contribution < -0.4 is 14.2 Å². The quantitative estimate of drug-likeness (QED) is 0.590. The van der Waals surface area contributed by atoms with Gasteiger partial charge in [-0.3, -0.25) is 19.2 Å². The van der Waals surface area contributed by atoms with Crippen molar-refractivity contribution in [3.05, 3.63) is 48.0 Å². The molecule has 33 heavy (non-hydrogen) atoms. The fourth-order valence-corrected chi connectivity index (χ4v) is 5.92. The Kier molecular flexibility index (Phi) is 6.60. The zero-order valence-corrected chi connectivity index (χ0v) is 19.6. The molecule has 0 radical (unpaired) electrons. The second-order valence-corrected chi connectivity index (χ2v) is 9.93. The fourth-order valence-electron chi connectivity index (χ4n) is 4.63. The normalized spacial score (nSPS) is 20.5. The average molecular weight is 473 g/mol. The summed E-state index contributed by atoms with van der Waals surface area (Å²) in [6.07, 6.45) is 3.37. The molecule has 1 aliphatic carbocycles. The van der Waals surface area contributed by atoms with Gasteiger partial charge in [0.2, 0.25) is 11.8 Å². The molecule has 1 saturated heterocycles. The molecule has 176 valence electrons. The first-order valence-electron chi connectivity index (χ1n) is 11.1. The van der Waals surface area contributed by atoms with Gasteiger partial charge in [-0.15, -0.1) is 0 Å². The summed E-state index contributed by atoms with van der Waals surface area (Å²) in [5.74, 6) is -0.237. The highest BCUT2D eigenvalue weighted by Crippen LogP contribution is 2.39. The Bertz CT molecular complexity index is 1140. The Labute approximate surface area is 193 Å². The largest absolute Gasteiger partial charge is 0.495 e. The number of nitrogens with one attached hydrogen (secondary N) is 1. The van der Waals surface area contributed by atoms with E-state index >= 15 is 0 Å². The third-order valence-corrected chi connectivity index (χ3v) is 7.61. The van der Waals surface area contributed by atoms with Crippen molar-refractivity contribution in [1.82, 2.24) is 4.90 Å². The molecule has 1 saturated carbocycles. The van der Waals surface area contributed by atoms with Crippen LogP contribution in [-0.4, -0.2) is 38.8 Å². The summed E-state index contributed by atoms with van der Waals surface area (Å²) in [6, 6.07) is 11.4. The number of fused-ring (bicyclic) bond motifs is 1. The SMILES string of the molecule is CCOc1ccccc1NS(=O)(=O)c1cc(CN2C(=O)[C@H]3CCCC[C@H]3C2=O)ccc1OC. The molecular formula is C24H28N2O6S. The number of methoxy groups -OCH3 is 1. The van der Waals surface area contributed by atoms with Crippen LogP contribution in [0.15, 0.2) is 47.4 Å². The standard InChI is InChI=1S/C24H28N2O6S/c1-3-32-20-11-7-6-10-19(20)25-33(29,30)22-14-16(12-13-21(22)31-2)15-26-23(27)17-8-4-5-9-18(17)24(26)28/h6-7,10-14,17-18,25H,3-5,8-9,15H2,1-2H3/t17-,18+. The van der Waals surface area contributed by atoms with Gasteiger partial charge in [-0.05, 0) is 49.6 Å². The van der Waals surface area contributed by atoms with E-state index in [1.165, 1.54) is 24.1 Å². The molecule has 0 spiro atoms. The lowest BCUT2D eigenvalue weighted by molar-refractivity contribution is -0.140. The number of hydrogen-bond donors (Lipinski definition) is 1. The minimum atomic E-state index is -4.04. The van der Waals surface area contributed by atoms with Crippen molar-refractivity contribution >= 4 is 27.5 Å². The number of hydrogen-bond acceptors (Lipinski definition) is 6. The molecule has 0 aromatic heterocycles. The van der Waals surface area contributed by atoms with Gasteiger partial charge in [0.05, 0.1) is 37.8 Å². The number of amides is 2. The highest BCUT2D eigenvalue weighted by molar-refractivity contribution is 7.92. The lowest BCUT2D eigenvalue weighted by Gasteiger charge is -2.19. The summed E-state index contributed by atoms with van der Waals surface area (Å²) in [4.78, 5) is 26.9. The summed E-state index contributed by atoms with van der Waals surface area (Å²) in [7, 11) is -2.66. The molecule has 9 heteroatoms. The van der Waals surface area contributed by atoms with Gasteiger partial charge in [-0.2, -0.15) is 0 Å². The Morgan fingerprint density at radius 3 is 2.30 bits per heavy atom. The van der Waals surface area contributed by atoms with E-state index in [4.69, 9.17) is 9.47 Å². The van der Waals surface area contributed by atoms with E-state index in [1.807, 2.05) is 6.92 Å². The predicted molar refractivity (Wildman–Crippen MR) is 122 cm³/mol. The van der Waals surface area contributed by atoms with E-state index in [0.29, 0.717) is 23.6 Å². The Morgan fingerprint density at radius 1 is 1.00 bits per heavy atom. The second kappa shape index (κ2) is 9.43. The molecule has 1 heterocycles. The maximum atomic E-state index is 13.3. The van der Waals surface area contributed by atoms with Crippen molar-refractivity contribution in [3.63, 3.8) is 0 Å². The van der Waals surface area contributed by atoms with E-state index in [1.54, 1.807) is 30.3 Å². The van der Waals surface area contributed by atoms with Crippen LogP contribution in [-0.2, 0) is 26.2 Å². The minimum Gasteiger partial charge on any atom is -0.495 e. The van der Waals surface area contributed by atoms with Crippen molar-refractivity contribution < 1.29 is 27.5 Å². The minimum absolute atomic E-state index is 0.0344. The van der Waals surface area contributed by atoms with Gasteiger partial charge in [0, 0.05) is 0 Å². The van der Waals surface area contributed by atoms with Gasteiger partial charge < -0.3 is 9.47 Å². The number of sulfonamides is 1.